The Morgan fingerprint density at radius 3 is 1.19 bits per heavy atom. The van der Waals surface area contributed by atoms with Crippen LogP contribution in [0.1, 0.15) is 44.5 Å². The normalized spacial score (nSPS) is 13.9. The number of fused-ring (bicyclic) bond motifs is 18. The van der Waals surface area contributed by atoms with Crippen molar-refractivity contribution < 1.29 is 9.47 Å². The second kappa shape index (κ2) is 16.8. The van der Waals surface area contributed by atoms with Gasteiger partial charge in [0.05, 0.1) is 10.8 Å². The Bertz CT molecular complexity index is 4250. The summed E-state index contributed by atoms with van der Waals surface area (Å²) in [6.07, 6.45) is 0. The summed E-state index contributed by atoms with van der Waals surface area (Å²) in [6, 6.07) is 104. The molecule has 77 heavy (non-hydrogen) atoms. The fourth-order valence-corrected chi connectivity index (χ4v) is 13.7. The standard InChI is InChI=1S/C74H47NO2/c1-2-18-48(19-3-1)49-36-41-53(42-37-49)75(54-43-38-50(39-44-54)51-40-45-62-59(47-51)57-22-4-6-25-60(57)73(62)63-27-8-12-32-68(63)76-69-33-13-9-28-64(69)73)55-21-16-20-52(46-55)56-24-17-31-67-72(56)58-23-5-7-26-61(58)74(67)65-29-10-14-34-70(65)77-71-35-15-11-30-66(71)74/h1-47H. The Hall–Kier alpha value is -9.96. The Labute approximate surface area is 448 Å². The van der Waals surface area contributed by atoms with Crippen molar-refractivity contribution in [3.05, 3.63) is 330 Å². The predicted molar refractivity (Wildman–Crippen MR) is 312 cm³/mol. The minimum Gasteiger partial charge on any atom is -0.457 e. The van der Waals surface area contributed by atoms with Gasteiger partial charge in [0.1, 0.15) is 23.0 Å². The third-order valence-corrected chi connectivity index (χ3v) is 16.8. The average molecular weight is 982 g/mol. The fraction of sp³-hybridized carbons (Fsp3) is 0.0270. The molecule has 0 bridgehead atoms. The molecule has 0 N–H and O–H groups in total. The summed E-state index contributed by atoms with van der Waals surface area (Å²) in [6.45, 7) is 0. The number of nitrogens with zero attached hydrogens (tertiary/aromatic N) is 1. The number of hydrogen-bond donors (Lipinski definition) is 0. The van der Waals surface area contributed by atoms with Gasteiger partial charge in [0.25, 0.3) is 0 Å². The van der Waals surface area contributed by atoms with Crippen LogP contribution >= 0.6 is 0 Å². The molecule has 3 nitrogen and oxygen atoms in total. The van der Waals surface area contributed by atoms with Gasteiger partial charge in [-0.1, -0.05) is 218 Å². The van der Waals surface area contributed by atoms with E-state index in [1.807, 2.05) is 0 Å². The van der Waals surface area contributed by atoms with Crippen LogP contribution in [0.2, 0.25) is 0 Å². The van der Waals surface area contributed by atoms with Crippen molar-refractivity contribution in [1.29, 1.82) is 0 Å². The lowest BCUT2D eigenvalue weighted by Crippen LogP contribution is -2.32. The van der Waals surface area contributed by atoms with Crippen LogP contribution in [0.15, 0.2) is 285 Å². The summed E-state index contributed by atoms with van der Waals surface area (Å²) in [5.74, 6) is 3.58. The van der Waals surface area contributed by atoms with Gasteiger partial charge in [-0.3, -0.25) is 0 Å². The maximum absolute atomic E-state index is 6.66. The summed E-state index contributed by atoms with van der Waals surface area (Å²) in [4.78, 5) is 2.40. The van der Waals surface area contributed by atoms with Gasteiger partial charge < -0.3 is 14.4 Å². The van der Waals surface area contributed by atoms with E-state index in [9.17, 15) is 0 Å². The Kier molecular flexibility index (Phi) is 9.47. The molecule has 0 atom stereocenters. The smallest absolute Gasteiger partial charge is 0.132 e. The quantitative estimate of drug-likeness (QED) is 0.166. The largest absolute Gasteiger partial charge is 0.457 e. The first-order chi connectivity index (χ1) is 38.2. The first-order valence-electron chi connectivity index (χ1n) is 26.6. The van der Waals surface area contributed by atoms with Crippen molar-refractivity contribution in [2.75, 3.05) is 4.90 Å². The van der Waals surface area contributed by atoms with Gasteiger partial charge in [0.15, 0.2) is 0 Å². The molecule has 4 aliphatic rings. The highest BCUT2D eigenvalue weighted by molar-refractivity contribution is 5.98. The molecular formula is C74H47NO2. The van der Waals surface area contributed by atoms with E-state index in [0.29, 0.717) is 0 Å². The van der Waals surface area contributed by atoms with Gasteiger partial charge in [-0.2, -0.15) is 0 Å². The van der Waals surface area contributed by atoms with Gasteiger partial charge in [-0.15, -0.1) is 0 Å². The molecule has 2 aliphatic carbocycles. The summed E-state index contributed by atoms with van der Waals surface area (Å²) >= 11 is 0. The molecule has 2 aliphatic heterocycles. The zero-order valence-corrected chi connectivity index (χ0v) is 41.9. The lowest BCUT2D eigenvalue weighted by atomic mass is 9.66. The molecule has 0 amide bonds. The van der Waals surface area contributed by atoms with Crippen LogP contribution in [-0.4, -0.2) is 0 Å². The number of anilines is 3. The summed E-state index contributed by atoms with van der Waals surface area (Å²) in [5, 5.41) is 0. The van der Waals surface area contributed by atoms with E-state index in [1.165, 1.54) is 77.9 Å². The van der Waals surface area contributed by atoms with Gasteiger partial charge in [0.2, 0.25) is 0 Å². The fourth-order valence-electron chi connectivity index (χ4n) is 13.7. The predicted octanol–water partition coefficient (Wildman–Crippen LogP) is 19.1. The third kappa shape index (κ3) is 6.20. The van der Waals surface area contributed by atoms with Gasteiger partial charge >= 0.3 is 0 Å². The van der Waals surface area contributed by atoms with Crippen molar-refractivity contribution >= 4 is 17.1 Å². The van der Waals surface area contributed by atoms with E-state index in [4.69, 9.17) is 9.47 Å². The molecule has 16 rings (SSSR count). The van der Waals surface area contributed by atoms with E-state index >= 15 is 0 Å². The highest BCUT2D eigenvalue weighted by Gasteiger charge is 2.53. The molecule has 360 valence electrons. The molecule has 12 aromatic carbocycles. The molecule has 0 saturated heterocycles. The van der Waals surface area contributed by atoms with Gasteiger partial charge in [-0.05, 0) is 145 Å². The van der Waals surface area contributed by atoms with Crippen LogP contribution in [0.5, 0.6) is 23.0 Å². The Morgan fingerprint density at radius 2 is 0.610 bits per heavy atom. The maximum Gasteiger partial charge on any atom is 0.132 e. The number of ether oxygens (including phenoxy) is 2. The average Bonchev–Trinajstić information content (AvgIpc) is 4.01. The monoisotopic (exact) mass is 981 g/mol. The number of benzene rings is 12. The molecule has 0 saturated carbocycles. The molecule has 3 heteroatoms. The van der Waals surface area contributed by atoms with Crippen LogP contribution in [0.3, 0.4) is 0 Å². The van der Waals surface area contributed by atoms with Crippen molar-refractivity contribution in [2.24, 2.45) is 0 Å². The molecule has 2 heterocycles. The van der Waals surface area contributed by atoms with Crippen molar-refractivity contribution in [3.8, 4) is 78.6 Å². The molecular weight excluding hydrogens is 935 g/mol. The van der Waals surface area contributed by atoms with Crippen molar-refractivity contribution in [3.63, 3.8) is 0 Å². The molecule has 0 unspecified atom stereocenters. The van der Waals surface area contributed by atoms with E-state index in [-0.39, 0.29) is 0 Å². The topological polar surface area (TPSA) is 21.7 Å². The number of para-hydroxylation sites is 4. The molecule has 0 radical (unpaired) electrons. The summed E-state index contributed by atoms with van der Waals surface area (Å²) < 4.78 is 13.3. The van der Waals surface area contributed by atoms with E-state index in [2.05, 4.69) is 290 Å². The van der Waals surface area contributed by atoms with E-state index in [0.717, 1.165) is 62.3 Å². The second-order valence-electron chi connectivity index (χ2n) is 20.6. The van der Waals surface area contributed by atoms with Crippen LogP contribution < -0.4 is 14.4 Å². The highest BCUT2D eigenvalue weighted by atomic mass is 16.5. The van der Waals surface area contributed by atoms with Crippen LogP contribution in [0, 0.1) is 0 Å². The summed E-state index contributed by atoms with van der Waals surface area (Å²) in [5.41, 5.74) is 23.9. The first-order valence-corrected chi connectivity index (χ1v) is 26.6. The lowest BCUT2D eigenvalue weighted by Gasteiger charge is -2.39. The minimum absolute atomic E-state index is 0.503. The molecule has 2 spiro atoms. The molecule has 12 aromatic rings. The number of hydrogen-bond acceptors (Lipinski definition) is 3. The molecule has 0 fully saturated rings. The Balaban J connectivity index is 0.827. The highest BCUT2D eigenvalue weighted by Crippen LogP contribution is 2.65. The van der Waals surface area contributed by atoms with Crippen LogP contribution in [0.25, 0.3) is 55.6 Å². The maximum atomic E-state index is 6.66. The minimum atomic E-state index is -0.551. The SMILES string of the molecule is c1ccc(-c2ccc(N(c3ccc(-c4ccc5c(c4)-c4ccccc4C54c5ccccc5Oc5ccccc54)cc3)c3cccc(-c4cccc5c4-c4ccccc4C54c5ccccc5Oc5ccccc54)c3)cc2)cc1. The third-order valence-electron chi connectivity index (χ3n) is 16.8. The van der Waals surface area contributed by atoms with E-state index in [1.54, 1.807) is 0 Å². The van der Waals surface area contributed by atoms with Gasteiger partial charge in [0, 0.05) is 39.3 Å². The zero-order valence-electron chi connectivity index (χ0n) is 41.9. The summed E-state index contributed by atoms with van der Waals surface area (Å²) in [7, 11) is 0. The first kappa shape index (κ1) is 43.4. The zero-order chi connectivity index (χ0) is 50.7. The van der Waals surface area contributed by atoms with Crippen molar-refractivity contribution in [2.45, 2.75) is 10.8 Å². The molecule has 0 aromatic heterocycles. The second-order valence-corrected chi connectivity index (χ2v) is 20.6. The van der Waals surface area contributed by atoms with Gasteiger partial charge in [-0.25, -0.2) is 0 Å². The van der Waals surface area contributed by atoms with Crippen molar-refractivity contribution in [1.82, 2.24) is 0 Å². The number of rotatable bonds is 6. The lowest BCUT2D eigenvalue weighted by molar-refractivity contribution is 0.436. The van der Waals surface area contributed by atoms with Crippen LogP contribution in [0.4, 0.5) is 17.1 Å². The van der Waals surface area contributed by atoms with Crippen LogP contribution in [-0.2, 0) is 10.8 Å². The van der Waals surface area contributed by atoms with E-state index < -0.39 is 10.8 Å². The Morgan fingerprint density at radius 1 is 0.221 bits per heavy atom.